The molecule has 0 unspecified atom stereocenters. The number of nitrogens with two attached hydrogens (primary N) is 1. The van der Waals surface area contributed by atoms with Crippen LogP contribution in [-0.4, -0.2) is 15.0 Å². The van der Waals surface area contributed by atoms with Crippen molar-refractivity contribution >= 4 is 15.7 Å². The quantitative estimate of drug-likeness (QED) is 0.822. The SMILES string of the molecule is CC1(CNS(=O)(=O)c2cccc(F)c2N)CCC1. The lowest BCUT2D eigenvalue weighted by atomic mass is 9.71. The van der Waals surface area contributed by atoms with Gasteiger partial charge < -0.3 is 5.73 Å². The first kappa shape index (κ1) is 13.3. The van der Waals surface area contributed by atoms with Crippen molar-refractivity contribution in [2.75, 3.05) is 12.3 Å². The number of halogens is 1. The second kappa shape index (κ2) is 4.51. The zero-order valence-electron chi connectivity index (χ0n) is 10.2. The van der Waals surface area contributed by atoms with Gasteiger partial charge in [0.25, 0.3) is 0 Å². The van der Waals surface area contributed by atoms with Gasteiger partial charge in [-0.3, -0.25) is 0 Å². The van der Waals surface area contributed by atoms with Gasteiger partial charge in [-0.1, -0.05) is 19.4 Å². The molecule has 0 radical (unpaired) electrons. The van der Waals surface area contributed by atoms with Crippen LogP contribution in [0, 0.1) is 11.2 Å². The highest BCUT2D eigenvalue weighted by Gasteiger charge is 2.33. The van der Waals surface area contributed by atoms with E-state index in [0.29, 0.717) is 6.54 Å². The van der Waals surface area contributed by atoms with Gasteiger partial charge in [0.05, 0.1) is 5.69 Å². The minimum atomic E-state index is -3.74. The molecule has 0 heterocycles. The Morgan fingerprint density at radius 1 is 1.44 bits per heavy atom. The fourth-order valence-corrected chi connectivity index (χ4v) is 3.39. The number of benzene rings is 1. The van der Waals surface area contributed by atoms with Gasteiger partial charge in [0, 0.05) is 6.54 Å². The molecule has 6 heteroatoms. The zero-order valence-corrected chi connectivity index (χ0v) is 11.1. The summed E-state index contributed by atoms with van der Waals surface area (Å²) in [6.45, 7) is 2.40. The van der Waals surface area contributed by atoms with E-state index in [2.05, 4.69) is 4.72 Å². The second-order valence-electron chi connectivity index (χ2n) is 5.14. The van der Waals surface area contributed by atoms with Crippen molar-refractivity contribution in [1.29, 1.82) is 0 Å². The summed E-state index contributed by atoms with van der Waals surface area (Å²) in [5.41, 5.74) is 5.15. The molecule has 1 aliphatic rings. The van der Waals surface area contributed by atoms with Crippen molar-refractivity contribution in [3.05, 3.63) is 24.0 Å². The van der Waals surface area contributed by atoms with Gasteiger partial charge in [-0.15, -0.1) is 0 Å². The summed E-state index contributed by atoms with van der Waals surface area (Å²) < 4.78 is 39.8. The van der Waals surface area contributed by atoms with Gasteiger partial charge >= 0.3 is 0 Å². The molecule has 1 saturated carbocycles. The number of para-hydroxylation sites is 1. The number of anilines is 1. The summed E-state index contributed by atoms with van der Waals surface area (Å²) in [6, 6.07) is 3.79. The highest BCUT2D eigenvalue weighted by atomic mass is 32.2. The van der Waals surface area contributed by atoms with E-state index in [9.17, 15) is 12.8 Å². The largest absolute Gasteiger partial charge is 0.395 e. The van der Waals surface area contributed by atoms with Crippen LogP contribution in [0.1, 0.15) is 26.2 Å². The van der Waals surface area contributed by atoms with Crippen molar-refractivity contribution < 1.29 is 12.8 Å². The van der Waals surface area contributed by atoms with Gasteiger partial charge in [0.2, 0.25) is 10.0 Å². The lowest BCUT2D eigenvalue weighted by molar-refractivity contribution is 0.166. The van der Waals surface area contributed by atoms with Crippen molar-refractivity contribution in [3.8, 4) is 0 Å². The van der Waals surface area contributed by atoms with Gasteiger partial charge in [-0.25, -0.2) is 17.5 Å². The van der Waals surface area contributed by atoms with E-state index in [4.69, 9.17) is 5.73 Å². The number of rotatable bonds is 4. The maximum atomic E-state index is 13.2. The molecule has 1 aromatic carbocycles. The van der Waals surface area contributed by atoms with Crippen LogP contribution in [0.15, 0.2) is 23.1 Å². The first-order valence-corrected chi connectivity index (χ1v) is 7.36. The average Bonchev–Trinajstić information content (AvgIpc) is 2.27. The molecular formula is C12H17FN2O2S. The minimum absolute atomic E-state index is 0.0230. The molecule has 4 nitrogen and oxygen atoms in total. The maximum absolute atomic E-state index is 13.2. The van der Waals surface area contributed by atoms with Crippen molar-refractivity contribution in [1.82, 2.24) is 4.72 Å². The van der Waals surface area contributed by atoms with Crippen molar-refractivity contribution in [3.63, 3.8) is 0 Å². The number of sulfonamides is 1. The fourth-order valence-electron chi connectivity index (χ4n) is 2.06. The normalized spacial score (nSPS) is 18.3. The summed E-state index contributed by atoms with van der Waals surface area (Å²) >= 11 is 0. The molecule has 0 saturated heterocycles. The fraction of sp³-hybridized carbons (Fsp3) is 0.500. The summed E-state index contributed by atoms with van der Waals surface area (Å²) in [5.74, 6) is -0.715. The first-order valence-electron chi connectivity index (χ1n) is 5.88. The van der Waals surface area contributed by atoms with E-state index in [-0.39, 0.29) is 16.0 Å². The molecular weight excluding hydrogens is 255 g/mol. The van der Waals surface area contributed by atoms with Crippen LogP contribution < -0.4 is 10.5 Å². The topological polar surface area (TPSA) is 72.2 Å². The number of nitrogens with one attached hydrogen (secondary N) is 1. The van der Waals surface area contributed by atoms with Crippen LogP contribution in [0.4, 0.5) is 10.1 Å². The Morgan fingerprint density at radius 2 is 2.11 bits per heavy atom. The molecule has 2 rings (SSSR count). The molecule has 0 amide bonds. The molecule has 1 fully saturated rings. The molecule has 0 spiro atoms. The second-order valence-corrected chi connectivity index (χ2v) is 6.88. The zero-order chi connectivity index (χ0) is 13.4. The average molecular weight is 272 g/mol. The van der Waals surface area contributed by atoms with E-state index < -0.39 is 15.8 Å². The van der Waals surface area contributed by atoms with Crippen LogP contribution in [0.25, 0.3) is 0 Å². The number of hydrogen-bond donors (Lipinski definition) is 2. The van der Waals surface area contributed by atoms with Crippen LogP contribution >= 0.6 is 0 Å². The number of hydrogen-bond acceptors (Lipinski definition) is 3. The molecule has 0 atom stereocenters. The molecule has 0 aliphatic heterocycles. The summed E-state index contributed by atoms with van der Waals surface area (Å²) in [4.78, 5) is -0.189. The van der Waals surface area contributed by atoms with E-state index in [1.165, 1.54) is 12.1 Å². The highest BCUT2D eigenvalue weighted by molar-refractivity contribution is 7.89. The Bertz CT molecular complexity index is 553. The molecule has 0 aromatic heterocycles. The van der Waals surface area contributed by atoms with E-state index in [1.807, 2.05) is 6.92 Å². The predicted octanol–water partition coefficient (Wildman–Crippen LogP) is 1.88. The van der Waals surface area contributed by atoms with E-state index in [1.54, 1.807) is 0 Å². The van der Waals surface area contributed by atoms with Crippen LogP contribution in [-0.2, 0) is 10.0 Å². The molecule has 0 bridgehead atoms. The lowest BCUT2D eigenvalue weighted by Crippen LogP contribution is -2.40. The van der Waals surface area contributed by atoms with E-state index in [0.717, 1.165) is 25.3 Å². The maximum Gasteiger partial charge on any atom is 0.242 e. The highest BCUT2D eigenvalue weighted by Crippen LogP contribution is 2.39. The molecule has 3 N–H and O–H groups in total. The molecule has 100 valence electrons. The monoisotopic (exact) mass is 272 g/mol. The van der Waals surface area contributed by atoms with Gasteiger partial charge in [-0.05, 0) is 30.4 Å². The van der Waals surface area contributed by atoms with Gasteiger partial charge in [-0.2, -0.15) is 0 Å². The standard InChI is InChI=1S/C12H17FN2O2S/c1-12(6-3-7-12)8-15-18(16,17)10-5-2-4-9(13)11(10)14/h2,4-5,15H,3,6-8,14H2,1H3. The third-order valence-corrected chi connectivity index (χ3v) is 5.01. The first-order chi connectivity index (χ1) is 8.34. The molecule has 1 aliphatic carbocycles. The molecule has 1 aromatic rings. The number of nitrogen functional groups attached to an aromatic ring is 1. The van der Waals surface area contributed by atoms with Crippen molar-refractivity contribution in [2.45, 2.75) is 31.1 Å². The van der Waals surface area contributed by atoms with Crippen molar-refractivity contribution in [2.24, 2.45) is 5.41 Å². The summed E-state index contributed by atoms with van der Waals surface area (Å²) in [6.07, 6.45) is 3.14. The minimum Gasteiger partial charge on any atom is -0.395 e. The van der Waals surface area contributed by atoms with Crippen LogP contribution in [0.3, 0.4) is 0 Å². The molecule has 18 heavy (non-hydrogen) atoms. The van der Waals surface area contributed by atoms with Crippen LogP contribution in [0.5, 0.6) is 0 Å². The van der Waals surface area contributed by atoms with Gasteiger partial charge in [0.15, 0.2) is 0 Å². The summed E-state index contributed by atoms with van der Waals surface area (Å²) in [7, 11) is -3.74. The Kier molecular flexibility index (Phi) is 3.33. The Hall–Kier alpha value is -1.14. The Labute approximate surface area is 106 Å². The third-order valence-electron chi connectivity index (χ3n) is 3.55. The smallest absolute Gasteiger partial charge is 0.242 e. The summed E-state index contributed by atoms with van der Waals surface area (Å²) in [5, 5.41) is 0. The third kappa shape index (κ3) is 2.49. The predicted molar refractivity (Wildman–Crippen MR) is 68.0 cm³/mol. The lowest BCUT2D eigenvalue weighted by Gasteiger charge is -2.38. The Morgan fingerprint density at radius 3 is 2.67 bits per heavy atom. The van der Waals surface area contributed by atoms with Gasteiger partial charge in [0.1, 0.15) is 10.7 Å². The van der Waals surface area contributed by atoms with Crippen LogP contribution in [0.2, 0.25) is 0 Å². The Balaban J connectivity index is 2.18. The van der Waals surface area contributed by atoms with E-state index >= 15 is 0 Å².